The lowest BCUT2D eigenvalue weighted by atomic mass is 10.1. The van der Waals surface area contributed by atoms with Crippen molar-refractivity contribution in [2.24, 2.45) is 0 Å². The van der Waals surface area contributed by atoms with Crippen LogP contribution in [0.3, 0.4) is 0 Å². The molecular formula is C23H22F6N8O2. The summed E-state index contributed by atoms with van der Waals surface area (Å²) in [5.74, 6) is 0.0126. The number of pyridine rings is 1. The Kier molecular flexibility index (Phi) is 7.74. The number of nitrogens with one attached hydrogen (secondary N) is 2. The lowest BCUT2D eigenvalue weighted by molar-refractivity contribution is -0.139. The number of H-pyrrole nitrogens is 1. The predicted octanol–water partition coefficient (Wildman–Crippen LogP) is 3.28. The Morgan fingerprint density at radius 2 is 1.74 bits per heavy atom. The molecule has 2 N–H and O–H groups in total. The molecule has 0 aliphatic carbocycles. The van der Waals surface area contributed by atoms with E-state index in [-0.39, 0.29) is 31.5 Å². The summed E-state index contributed by atoms with van der Waals surface area (Å²) in [7, 11) is 0. The van der Waals surface area contributed by atoms with Gasteiger partial charge in [0.05, 0.1) is 17.4 Å². The van der Waals surface area contributed by atoms with Crippen LogP contribution in [0, 0.1) is 0 Å². The molecule has 0 aromatic carbocycles. The maximum atomic E-state index is 13.3. The van der Waals surface area contributed by atoms with Gasteiger partial charge < -0.3 is 10.2 Å². The molecule has 1 saturated heterocycles. The van der Waals surface area contributed by atoms with Gasteiger partial charge in [0.2, 0.25) is 11.9 Å². The lowest BCUT2D eigenvalue weighted by Gasteiger charge is -2.33. The molecule has 0 spiro atoms. The van der Waals surface area contributed by atoms with Gasteiger partial charge in [-0.05, 0) is 37.5 Å². The Labute approximate surface area is 217 Å². The van der Waals surface area contributed by atoms with Gasteiger partial charge in [-0.15, -0.1) is 0 Å². The minimum absolute atomic E-state index is 0.00323. The van der Waals surface area contributed by atoms with Crippen LogP contribution in [0.5, 0.6) is 0 Å². The van der Waals surface area contributed by atoms with Crippen LogP contribution < -0.4 is 20.7 Å². The molecule has 3 aromatic rings. The number of piperazine rings is 1. The van der Waals surface area contributed by atoms with E-state index in [0.29, 0.717) is 31.1 Å². The highest BCUT2D eigenvalue weighted by Crippen LogP contribution is 2.32. The topological polar surface area (TPSA) is 120 Å². The molecule has 4 rings (SSSR count). The fraction of sp³-hybridized carbons (Fsp3) is 0.391. The number of halogens is 6. The van der Waals surface area contributed by atoms with Gasteiger partial charge in [0, 0.05) is 37.7 Å². The van der Waals surface area contributed by atoms with Gasteiger partial charge in [-0.3, -0.25) is 14.5 Å². The number of aromatic amines is 1. The summed E-state index contributed by atoms with van der Waals surface area (Å²) in [6.45, 7) is 1.95. The fourth-order valence-corrected chi connectivity index (χ4v) is 3.99. The van der Waals surface area contributed by atoms with Crippen molar-refractivity contribution in [2.75, 3.05) is 34.8 Å². The van der Waals surface area contributed by atoms with Crippen molar-refractivity contribution in [3.8, 4) is 0 Å². The quantitative estimate of drug-likeness (QED) is 0.426. The van der Waals surface area contributed by atoms with Crippen LogP contribution in [0.4, 0.5) is 43.8 Å². The first-order chi connectivity index (χ1) is 18.3. The normalized spacial score (nSPS) is 15.4. The monoisotopic (exact) mass is 556 g/mol. The molecule has 3 aromatic heterocycles. The third-order valence-electron chi connectivity index (χ3n) is 5.96. The van der Waals surface area contributed by atoms with Crippen LogP contribution in [0.25, 0.3) is 0 Å². The van der Waals surface area contributed by atoms with Gasteiger partial charge in [0.25, 0.3) is 5.56 Å². The summed E-state index contributed by atoms with van der Waals surface area (Å²) < 4.78 is 78.0. The molecule has 16 heteroatoms. The summed E-state index contributed by atoms with van der Waals surface area (Å²) in [6.07, 6.45) is -4.87. The number of carbonyl (C=O) groups is 1. The second-order valence-corrected chi connectivity index (χ2v) is 8.83. The number of hydrogen-bond donors (Lipinski definition) is 2. The summed E-state index contributed by atoms with van der Waals surface area (Å²) >= 11 is 0. The first-order valence-electron chi connectivity index (χ1n) is 11.6. The lowest BCUT2D eigenvalue weighted by Crippen LogP contribution is -2.51. The van der Waals surface area contributed by atoms with E-state index < -0.39 is 40.8 Å². The van der Waals surface area contributed by atoms with Gasteiger partial charge in [0.15, 0.2) is 0 Å². The van der Waals surface area contributed by atoms with Gasteiger partial charge in [0.1, 0.15) is 17.9 Å². The summed E-state index contributed by atoms with van der Waals surface area (Å²) in [4.78, 5) is 39.0. The summed E-state index contributed by atoms with van der Waals surface area (Å²) in [5, 5.41) is 7.90. The molecule has 10 nitrogen and oxygen atoms in total. The molecule has 1 aliphatic heterocycles. The number of aryl methyl sites for hydroxylation is 1. The van der Waals surface area contributed by atoms with Crippen LogP contribution >= 0.6 is 0 Å². The van der Waals surface area contributed by atoms with Crippen molar-refractivity contribution in [1.82, 2.24) is 25.1 Å². The summed E-state index contributed by atoms with van der Waals surface area (Å²) in [5.41, 5.74) is -3.33. The zero-order chi connectivity index (χ0) is 28.4. The van der Waals surface area contributed by atoms with Crippen LogP contribution in [0.1, 0.15) is 30.0 Å². The number of hydrogen-bond acceptors (Lipinski definition) is 8. The van der Waals surface area contributed by atoms with Gasteiger partial charge in [-0.1, -0.05) is 0 Å². The van der Waals surface area contributed by atoms with E-state index in [0.717, 1.165) is 11.8 Å². The predicted molar refractivity (Wildman–Crippen MR) is 127 cm³/mol. The molecule has 1 atom stereocenters. The SMILES string of the molecule is CC(CCc1ccnc(N2CCN(c3ncc(C(F)(F)F)cn3)CC2=O)c1)Nc1cn[nH]c(=O)c1C(F)(F)F. The molecule has 1 fully saturated rings. The van der Waals surface area contributed by atoms with Crippen LogP contribution in [0.2, 0.25) is 0 Å². The van der Waals surface area contributed by atoms with Gasteiger partial charge in [-0.2, -0.15) is 31.4 Å². The average Bonchev–Trinajstić information content (AvgIpc) is 2.86. The van der Waals surface area contributed by atoms with Crippen LogP contribution in [-0.4, -0.2) is 56.7 Å². The number of aromatic nitrogens is 5. The molecule has 1 amide bonds. The largest absolute Gasteiger partial charge is 0.423 e. The maximum absolute atomic E-state index is 13.3. The van der Waals surface area contributed by atoms with E-state index in [9.17, 15) is 35.9 Å². The van der Waals surface area contributed by atoms with Crippen LogP contribution in [-0.2, 0) is 23.6 Å². The van der Waals surface area contributed by atoms with Crippen molar-refractivity contribution in [3.63, 3.8) is 0 Å². The second-order valence-electron chi connectivity index (χ2n) is 8.83. The van der Waals surface area contributed by atoms with Crippen LogP contribution in [0.15, 0.2) is 41.7 Å². The molecular weight excluding hydrogens is 534 g/mol. The molecule has 1 aliphatic rings. The van der Waals surface area contributed by atoms with Gasteiger partial charge >= 0.3 is 12.4 Å². The zero-order valence-corrected chi connectivity index (χ0v) is 20.3. The van der Waals surface area contributed by atoms with Gasteiger partial charge in [-0.25, -0.2) is 20.1 Å². The number of anilines is 3. The molecule has 208 valence electrons. The van der Waals surface area contributed by atoms with E-state index in [1.807, 2.05) is 0 Å². The van der Waals surface area contributed by atoms with Crippen molar-refractivity contribution in [1.29, 1.82) is 0 Å². The highest BCUT2D eigenvalue weighted by molar-refractivity contribution is 5.96. The van der Waals surface area contributed by atoms with E-state index in [1.54, 1.807) is 24.2 Å². The van der Waals surface area contributed by atoms with Crippen molar-refractivity contribution in [3.05, 3.63) is 64.0 Å². The number of nitrogens with zero attached hydrogens (tertiary/aromatic N) is 6. The smallest absolute Gasteiger partial charge is 0.381 e. The first-order valence-corrected chi connectivity index (χ1v) is 11.6. The third kappa shape index (κ3) is 6.61. The Morgan fingerprint density at radius 3 is 2.38 bits per heavy atom. The molecule has 0 saturated carbocycles. The minimum Gasteiger partial charge on any atom is -0.381 e. The molecule has 1 unspecified atom stereocenters. The highest BCUT2D eigenvalue weighted by atomic mass is 19.4. The Hall–Kier alpha value is -4.24. The van der Waals surface area contributed by atoms with E-state index >= 15 is 0 Å². The molecule has 39 heavy (non-hydrogen) atoms. The standard InChI is InChI=1S/C23H22F6N8O2/c1-13(34-16-11-33-35-20(39)19(16)23(27,28)29)2-3-14-4-5-30-17(8-14)37-7-6-36(12-18(37)38)21-31-9-15(10-32-21)22(24,25)26/h4-5,8-11,13H,2-3,6-7,12H2,1H3,(H2,34,35,39). The number of rotatable bonds is 7. The van der Waals surface area contributed by atoms with E-state index in [2.05, 4.69) is 25.4 Å². The maximum Gasteiger partial charge on any atom is 0.423 e. The van der Waals surface area contributed by atoms with E-state index in [4.69, 9.17) is 0 Å². The van der Waals surface area contributed by atoms with Crippen molar-refractivity contribution >= 4 is 23.4 Å². The number of amides is 1. The number of carbonyl (C=O) groups excluding carboxylic acids is 1. The molecule has 0 bridgehead atoms. The Balaban J connectivity index is 1.37. The van der Waals surface area contributed by atoms with Crippen molar-refractivity contribution in [2.45, 2.75) is 38.2 Å². The summed E-state index contributed by atoms with van der Waals surface area (Å²) in [6, 6.07) is 2.94. The third-order valence-corrected chi connectivity index (χ3v) is 5.96. The minimum atomic E-state index is -4.85. The molecule has 0 radical (unpaired) electrons. The Morgan fingerprint density at radius 1 is 1.03 bits per heavy atom. The number of alkyl halides is 6. The second kappa shape index (κ2) is 10.9. The van der Waals surface area contributed by atoms with E-state index in [1.165, 1.54) is 16.0 Å². The average molecular weight is 556 g/mol. The first kappa shape index (κ1) is 27.8. The van der Waals surface area contributed by atoms with Crippen molar-refractivity contribution < 1.29 is 31.1 Å². The fourth-order valence-electron chi connectivity index (χ4n) is 3.99. The zero-order valence-electron chi connectivity index (χ0n) is 20.3. The highest BCUT2D eigenvalue weighted by Gasteiger charge is 2.37. The Bertz CT molecular complexity index is 1380. The molecule has 4 heterocycles.